The highest BCUT2D eigenvalue weighted by Gasteiger charge is 2.45. The number of fused-ring (bicyclic) bond motifs is 1. The van der Waals surface area contributed by atoms with E-state index in [4.69, 9.17) is 0 Å². The summed E-state index contributed by atoms with van der Waals surface area (Å²) < 4.78 is 0. The van der Waals surface area contributed by atoms with E-state index in [1.54, 1.807) is 0 Å². The molecule has 0 saturated heterocycles. The van der Waals surface area contributed by atoms with Crippen LogP contribution in [0.3, 0.4) is 0 Å². The van der Waals surface area contributed by atoms with Crippen molar-refractivity contribution in [2.75, 3.05) is 0 Å². The number of carbonyl (C=O) groups excluding carboxylic acids is 2. The van der Waals surface area contributed by atoms with Crippen LogP contribution in [0, 0.1) is 16.0 Å². The first-order chi connectivity index (χ1) is 12.5. The molecule has 1 heterocycles. The molecule has 2 aliphatic carbocycles. The second kappa shape index (κ2) is 6.16. The zero-order chi connectivity index (χ0) is 18.4. The van der Waals surface area contributed by atoms with E-state index in [2.05, 4.69) is 4.99 Å². The Morgan fingerprint density at radius 2 is 1.85 bits per heavy atom. The summed E-state index contributed by atoms with van der Waals surface area (Å²) in [5.74, 6) is -1.53. The molecular weight excluding hydrogens is 336 g/mol. The van der Waals surface area contributed by atoms with Crippen LogP contribution in [0.1, 0.15) is 50.0 Å². The molecular formula is C19H18N2O5. The Kier molecular flexibility index (Phi) is 3.94. The van der Waals surface area contributed by atoms with Crippen molar-refractivity contribution in [2.24, 2.45) is 10.9 Å². The van der Waals surface area contributed by atoms with Crippen LogP contribution >= 0.6 is 0 Å². The molecule has 1 N–H and O–H groups in total. The lowest BCUT2D eigenvalue weighted by molar-refractivity contribution is -0.385. The number of phenols is 1. The monoisotopic (exact) mass is 354 g/mol. The number of aromatic hydroxyl groups is 1. The second-order valence-corrected chi connectivity index (χ2v) is 7.02. The van der Waals surface area contributed by atoms with Gasteiger partial charge in [-0.25, -0.2) is 0 Å². The van der Waals surface area contributed by atoms with Crippen molar-refractivity contribution in [3.05, 3.63) is 45.1 Å². The number of hydrogen-bond acceptors (Lipinski definition) is 6. The van der Waals surface area contributed by atoms with Crippen LogP contribution in [0.4, 0.5) is 5.69 Å². The molecule has 0 bridgehead atoms. The molecule has 0 aromatic heterocycles. The summed E-state index contributed by atoms with van der Waals surface area (Å²) in [6.07, 6.45) is 3.52. The summed E-state index contributed by atoms with van der Waals surface area (Å²) in [6.45, 7) is 0. The number of phenolic OH excluding ortho intramolecular Hbond substituents is 1. The first kappa shape index (κ1) is 16.6. The van der Waals surface area contributed by atoms with Gasteiger partial charge in [-0.05, 0) is 31.7 Å². The van der Waals surface area contributed by atoms with E-state index in [1.165, 1.54) is 18.2 Å². The molecule has 1 aliphatic heterocycles. The lowest BCUT2D eigenvalue weighted by Gasteiger charge is -2.37. The summed E-state index contributed by atoms with van der Waals surface area (Å²) in [5.41, 5.74) is 1.98. The molecule has 1 unspecified atom stereocenters. The van der Waals surface area contributed by atoms with Gasteiger partial charge in [-0.1, -0.05) is 0 Å². The fraction of sp³-hybridized carbons (Fsp3) is 0.421. The van der Waals surface area contributed by atoms with Crippen molar-refractivity contribution in [3.8, 4) is 5.75 Å². The summed E-state index contributed by atoms with van der Waals surface area (Å²) >= 11 is 0. The number of Topliss-reactive ketones (excluding diaryl/α,β-unsaturated/α-hetero) is 2. The van der Waals surface area contributed by atoms with E-state index in [-0.39, 0.29) is 28.6 Å². The Morgan fingerprint density at radius 3 is 2.62 bits per heavy atom. The largest absolute Gasteiger partial charge is 0.508 e. The van der Waals surface area contributed by atoms with Gasteiger partial charge in [-0.2, -0.15) is 0 Å². The fourth-order valence-corrected chi connectivity index (χ4v) is 4.34. The molecule has 0 amide bonds. The second-order valence-electron chi connectivity index (χ2n) is 7.02. The standard InChI is InChI=1S/C19H18N2O5/c22-14-8-7-10(21(25)26)9-11(14)17-18-12(3-1-5-15(18)23)20-13-4-2-6-16(24)19(13)17/h7-9,17-18,22H,1-6H2/t17-,18?/m1/s1. The fourth-order valence-electron chi connectivity index (χ4n) is 4.34. The van der Waals surface area contributed by atoms with Gasteiger partial charge in [0.1, 0.15) is 11.5 Å². The van der Waals surface area contributed by atoms with Crippen molar-refractivity contribution < 1.29 is 19.6 Å². The van der Waals surface area contributed by atoms with Gasteiger partial charge < -0.3 is 5.11 Å². The maximum absolute atomic E-state index is 12.7. The molecule has 1 saturated carbocycles. The lowest BCUT2D eigenvalue weighted by Crippen LogP contribution is -2.39. The molecule has 7 heteroatoms. The van der Waals surface area contributed by atoms with Crippen molar-refractivity contribution >= 4 is 23.0 Å². The van der Waals surface area contributed by atoms with E-state index in [0.29, 0.717) is 43.4 Å². The highest BCUT2D eigenvalue weighted by molar-refractivity contribution is 6.12. The number of aliphatic imine (C=N–C) groups is 1. The van der Waals surface area contributed by atoms with Crippen LogP contribution in [0.25, 0.3) is 0 Å². The van der Waals surface area contributed by atoms with Crippen molar-refractivity contribution in [1.82, 2.24) is 0 Å². The van der Waals surface area contributed by atoms with Crippen LogP contribution in [0.5, 0.6) is 5.75 Å². The average Bonchev–Trinajstić information content (AvgIpc) is 2.61. The summed E-state index contributed by atoms with van der Waals surface area (Å²) in [4.78, 5) is 40.6. The molecule has 1 fully saturated rings. The topological polar surface area (TPSA) is 110 Å². The Balaban J connectivity index is 1.94. The molecule has 7 nitrogen and oxygen atoms in total. The van der Waals surface area contributed by atoms with Gasteiger partial charge in [0.05, 0.1) is 10.8 Å². The number of hydrogen-bond donors (Lipinski definition) is 1. The minimum Gasteiger partial charge on any atom is -0.508 e. The van der Waals surface area contributed by atoms with Crippen molar-refractivity contribution in [2.45, 2.75) is 44.4 Å². The number of rotatable bonds is 2. The van der Waals surface area contributed by atoms with Crippen molar-refractivity contribution in [1.29, 1.82) is 0 Å². The van der Waals surface area contributed by atoms with E-state index in [1.807, 2.05) is 0 Å². The maximum Gasteiger partial charge on any atom is 0.269 e. The third-order valence-electron chi connectivity index (χ3n) is 5.47. The van der Waals surface area contributed by atoms with Gasteiger partial charge in [0.15, 0.2) is 5.78 Å². The van der Waals surface area contributed by atoms with E-state index in [9.17, 15) is 24.8 Å². The van der Waals surface area contributed by atoms with Gasteiger partial charge in [0.25, 0.3) is 5.69 Å². The van der Waals surface area contributed by atoms with Crippen LogP contribution in [-0.2, 0) is 9.59 Å². The normalized spacial score (nSPS) is 25.5. The third kappa shape index (κ3) is 2.55. The van der Waals surface area contributed by atoms with Crippen molar-refractivity contribution in [3.63, 3.8) is 0 Å². The highest BCUT2D eigenvalue weighted by Crippen LogP contribution is 2.48. The van der Waals surface area contributed by atoms with Gasteiger partial charge in [-0.3, -0.25) is 24.7 Å². The van der Waals surface area contributed by atoms with E-state index < -0.39 is 16.8 Å². The molecule has 1 aromatic rings. The molecule has 3 aliphatic rings. The molecule has 134 valence electrons. The number of non-ortho nitro benzene ring substituents is 1. The number of nitro benzene ring substituents is 1. The van der Waals surface area contributed by atoms with Gasteiger partial charge in [-0.15, -0.1) is 0 Å². The van der Waals surface area contributed by atoms with Crippen LogP contribution in [0.15, 0.2) is 34.5 Å². The van der Waals surface area contributed by atoms with Gasteiger partial charge >= 0.3 is 0 Å². The maximum atomic E-state index is 12.7. The SMILES string of the molecule is O=C1CCCC2=C1[C@H](c1cc([N+](=O)[O-])ccc1O)C1C(=O)CCCC1=N2. The van der Waals surface area contributed by atoms with Gasteiger partial charge in [0, 0.05) is 53.4 Å². The summed E-state index contributed by atoms with van der Waals surface area (Å²) in [7, 11) is 0. The summed E-state index contributed by atoms with van der Waals surface area (Å²) in [6, 6.07) is 3.77. The number of benzene rings is 1. The molecule has 2 atom stereocenters. The number of nitro groups is 1. The first-order valence-corrected chi connectivity index (χ1v) is 8.81. The molecule has 0 radical (unpaired) electrons. The zero-order valence-corrected chi connectivity index (χ0v) is 14.1. The number of allylic oxidation sites excluding steroid dienone is 2. The van der Waals surface area contributed by atoms with Crippen LogP contribution < -0.4 is 0 Å². The lowest BCUT2D eigenvalue weighted by atomic mass is 9.67. The van der Waals surface area contributed by atoms with E-state index in [0.717, 1.165) is 12.1 Å². The Morgan fingerprint density at radius 1 is 1.08 bits per heavy atom. The highest BCUT2D eigenvalue weighted by atomic mass is 16.6. The smallest absolute Gasteiger partial charge is 0.269 e. The van der Waals surface area contributed by atoms with E-state index >= 15 is 0 Å². The van der Waals surface area contributed by atoms with Crippen LogP contribution in [-0.4, -0.2) is 27.3 Å². The molecule has 1 aromatic carbocycles. The Labute approximate surface area is 149 Å². The molecule has 4 rings (SSSR count). The predicted octanol–water partition coefficient (Wildman–Crippen LogP) is 3.21. The minimum absolute atomic E-state index is 0.0178. The first-order valence-electron chi connectivity index (χ1n) is 8.81. The Hall–Kier alpha value is -2.83. The zero-order valence-electron chi connectivity index (χ0n) is 14.1. The number of ketones is 2. The van der Waals surface area contributed by atoms with Crippen LogP contribution in [0.2, 0.25) is 0 Å². The number of nitrogens with zero attached hydrogens (tertiary/aromatic N) is 2. The predicted molar refractivity (Wildman–Crippen MR) is 93.2 cm³/mol. The molecule has 26 heavy (non-hydrogen) atoms. The summed E-state index contributed by atoms with van der Waals surface area (Å²) in [5, 5.41) is 21.6. The number of carbonyl (C=O) groups is 2. The quantitative estimate of drug-likeness (QED) is 0.648. The minimum atomic E-state index is -0.682. The Bertz CT molecular complexity index is 899. The van der Waals surface area contributed by atoms with Gasteiger partial charge in [0.2, 0.25) is 0 Å². The molecule has 0 spiro atoms. The average molecular weight is 354 g/mol. The third-order valence-corrected chi connectivity index (χ3v) is 5.47.